The van der Waals surface area contributed by atoms with Crippen molar-refractivity contribution in [2.24, 2.45) is 11.1 Å². The molecule has 4 heteroatoms. The van der Waals surface area contributed by atoms with Crippen molar-refractivity contribution in [2.75, 3.05) is 6.54 Å². The number of nitrogens with two attached hydrogens (primary N) is 1. The second-order valence-corrected chi connectivity index (χ2v) is 7.13. The van der Waals surface area contributed by atoms with Gasteiger partial charge in [-0.3, -0.25) is 0 Å². The van der Waals surface area contributed by atoms with Crippen molar-refractivity contribution in [3.8, 4) is 0 Å². The fraction of sp³-hybridized carbons (Fsp3) is 0.714. The van der Waals surface area contributed by atoms with Gasteiger partial charge < -0.3 is 10.8 Å². The molecule has 0 amide bonds. The third-order valence-electron chi connectivity index (χ3n) is 4.20. The third kappa shape index (κ3) is 3.08. The summed E-state index contributed by atoms with van der Waals surface area (Å²) in [4.78, 5) is 0.964. The molecule has 3 N–H and O–H groups in total. The van der Waals surface area contributed by atoms with Gasteiger partial charge in [-0.1, -0.05) is 43.7 Å². The molecule has 0 aliphatic heterocycles. The molecule has 1 aliphatic rings. The van der Waals surface area contributed by atoms with Gasteiger partial charge in [0.2, 0.25) is 0 Å². The lowest BCUT2D eigenvalue weighted by molar-refractivity contribution is 0.0110. The molecule has 0 bridgehead atoms. The van der Waals surface area contributed by atoms with E-state index < -0.39 is 6.10 Å². The van der Waals surface area contributed by atoms with Gasteiger partial charge >= 0.3 is 0 Å². The zero-order valence-electron chi connectivity index (χ0n) is 10.7. The molecule has 102 valence electrons. The van der Waals surface area contributed by atoms with E-state index >= 15 is 0 Å². The van der Waals surface area contributed by atoms with Crippen LogP contribution in [0, 0.1) is 5.41 Å². The summed E-state index contributed by atoms with van der Waals surface area (Å²) in [6.07, 6.45) is 7.79. The predicted molar refractivity (Wildman–Crippen MR) is 78.1 cm³/mol. The molecule has 0 aromatic carbocycles. The molecule has 0 saturated heterocycles. The average Bonchev–Trinajstić information content (AvgIpc) is 2.76. The maximum absolute atomic E-state index is 10.7. The Balaban J connectivity index is 2.18. The van der Waals surface area contributed by atoms with Crippen LogP contribution in [0.1, 0.15) is 55.9 Å². The average molecular weight is 288 g/mol. The summed E-state index contributed by atoms with van der Waals surface area (Å²) in [6.45, 7) is 0.559. The van der Waals surface area contributed by atoms with Crippen molar-refractivity contribution in [3.05, 3.63) is 21.3 Å². The van der Waals surface area contributed by atoms with Crippen molar-refractivity contribution in [2.45, 2.75) is 51.0 Å². The molecule has 1 fully saturated rings. The molecule has 1 atom stereocenters. The van der Waals surface area contributed by atoms with E-state index in [0.717, 1.165) is 22.1 Å². The molecule has 0 spiro atoms. The summed E-state index contributed by atoms with van der Waals surface area (Å²) in [6, 6.07) is 3.80. The van der Waals surface area contributed by atoms with E-state index in [1.165, 1.54) is 43.4 Å². The number of hydrogen-bond donors (Lipinski definition) is 2. The van der Waals surface area contributed by atoms with Crippen LogP contribution in [0.15, 0.2) is 12.1 Å². The molecule has 1 heterocycles. The van der Waals surface area contributed by atoms with Crippen LogP contribution in [0.5, 0.6) is 0 Å². The Morgan fingerprint density at radius 3 is 2.33 bits per heavy atom. The highest BCUT2D eigenvalue weighted by Crippen LogP contribution is 2.45. The van der Waals surface area contributed by atoms with Crippen LogP contribution in [0.4, 0.5) is 0 Å². The number of aliphatic hydroxyl groups excluding tert-OH is 1. The quantitative estimate of drug-likeness (QED) is 0.878. The lowest BCUT2D eigenvalue weighted by atomic mass is 9.71. The minimum absolute atomic E-state index is 0.144. The normalized spacial score (nSPS) is 22.2. The number of rotatable bonds is 3. The minimum atomic E-state index is -0.460. The lowest BCUT2D eigenvalue weighted by Gasteiger charge is -2.38. The van der Waals surface area contributed by atoms with Crippen LogP contribution in [0.2, 0.25) is 4.34 Å². The van der Waals surface area contributed by atoms with Crippen molar-refractivity contribution < 1.29 is 5.11 Å². The highest BCUT2D eigenvalue weighted by Gasteiger charge is 2.37. The smallest absolute Gasteiger partial charge is 0.0950 e. The van der Waals surface area contributed by atoms with Gasteiger partial charge in [0.05, 0.1) is 10.4 Å². The van der Waals surface area contributed by atoms with E-state index in [4.69, 9.17) is 17.3 Å². The molecule has 1 aromatic heterocycles. The van der Waals surface area contributed by atoms with Gasteiger partial charge in [-0.25, -0.2) is 0 Å². The van der Waals surface area contributed by atoms with Gasteiger partial charge in [0.1, 0.15) is 0 Å². The van der Waals surface area contributed by atoms with E-state index in [0.29, 0.717) is 6.54 Å². The zero-order chi connectivity index (χ0) is 13.0. The van der Waals surface area contributed by atoms with Crippen molar-refractivity contribution in [1.82, 2.24) is 0 Å². The molecule has 0 radical (unpaired) electrons. The SMILES string of the molecule is NCC1(C(O)c2ccc(Cl)s2)CCCCCCC1. The van der Waals surface area contributed by atoms with Crippen molar-refractivity contribution in [1.29, 1.82) is 0 Å². The molecule has 1 aliphatic carbocycles. The molecule has 2 nitrogen and oxygen atoms in total. The van der Waals surface area contributed by atoms with Gasteiger partial charge in [0.25, 0.3) is 0 Å². The van der Waals surface area contributed by atoms with Crippen LogP contribution in [0.25, 0.3) is 0 Å². The summed E-state index contributed by atoms with van der Waals surface area (Å²) < 4.78 is 0.738. The number of hydrogen-bond acceptors (Lipinski definition) is 3. The van der Waals surface area contributed by atoms with Gasteiger partial charge in [0.15, 0.2) is 0 Å². The van der Waals surface area contributed by atoms with E-state index in [9.17, 15) is 5.11 Å². The molecule has 1 aromatic rings. The Labute approximate surface area is 118 Å². The number of aliphatic hydroxyl groups is 1. The molecule has 2 rings (SSSR count). The Morgan fingerprint density at radius 2 is 1.83 bits per heavy atom. The Bertz CT molecular complexity index is 372. The first-order chi connectivity index (χ1) is 8.68. The summed E-state index contributed by atoms with van der Waals surface area (Å²) in [5, 5.41) is 10.7. The highest BCUT2D eigenvalue weighted by molar-refractivity contribution is 7.16. The second-order valence-electron chi connectivity index (χ2n) is 5.38. The fourth-order valence-electron chi connectivity index (χ4n) is 2.98. The first-order valence-electron chi connectivity index (χ1n) is 6.81. The summed E-state index contributed by atoms with van der Waals surface area (Å²) in [5.41, 5.74) is 5.87. The topological polar surface area (TPSA) is 46.2 Å². The van der Waals surface area contributed by atoms with E-state index in [-0.39, 0.29) is 5.41 Å². The Kier molecular flexibility index (Phi) is 5.07. The zero-order valence-corrected chi connectivity index (χ0v) is 12.3. The van der Waals surface area contributed by atoms with Crippen molar-refractivity contribution in [3.63, 3.8) is 0 Å². The van der Waals surface area contributed by atoms with Gasteiger partial charge in [0, 0.05) is 16.8 Å². The molecule has 1 unspecified atom stereocenters. The van der Waals surface area contributed by atoms with Gasteiger partial charge in [-0.05, 0) is 25.0 Å². The largest absolute Gasteiger partial charge is 0.387 e. The molecular formula is C14H22ClNOS. The second kappa shape index (κ2) is 6.38. The van der Waals surface area contributed by atoms with E-state index in [1.54, 1.807) is 0 Å². The monoisotopic (exact) mass is 287 g/mol. The van der Waals surface area contributed by atoms with Crippen LogP contribution < -0.4 is 5.73 Å². The summed E-state index contributed by atoms with van der Waals surface area (Å²) >= 11 is 7.44. The van der Waals surface area contributed by atoms with E-state index in [2.05, 4.69) is 0 Å². The van der Waals surface area contributed by atoms with Crippen LogP contribution in [-0.4, -0.2) is 11.7 Å². The van der Waals surface area contributed by atoms with Crippen LogP contribution in [-0.2, 0) is 0 Å². The van der Waals surface area contributed by atoms with Crippen molar-refractivity contribution >= 4 is 22.9 Å². The summed E-state index contributed by atoms with van der Waals surface area (Å²) in [7, 11) is 0. The maximum atomic E-state index is 10.7. The summed E-state index contributed by atoms with van der Waals surface area (Å²) in [5.74, 6) is 0. The first kappa shape index (κ1) is 14.3. The molecule has 18 heavy (non-hydrogen) atoms. The first-order valence-corrected chi connectivity index (χ1v) is 8.01. The fourth-order valence-corrected chi connectivity index (χ4v) is 4.16. The Hall–Kier alpha value is -0.0900. The highest BCUT2D eigenvalue weighted by atomic mass is 35.5. The van der Waals surface area contributed by atoms with Gasteiger partial charge in [-0.15, -0.1) is 11.3 Å². The molecular weight excluding hydrogens is 266 g/mol. The minimum Gasteiger partial charge on any atom is -0.387 e. The number of halogens is 1. The Morgan fingerprint density at radius 1 is 1.22 bits per heavy atom. The number of thiophene rings is 1. The standard InChI is InChI=1S/C14H22ClNOS/c15-12-7-6-11(18-12)13(17)14(10-16)8-4-2-1-3-5-9-14/h6-7,13,17H,1-5,8-10,16H2. The van der Waals surface area contributed by atoms with E-state index in [1.807, 2.05) is 12.1 Å². The predicted octanol–water partition coefficient (Wildman–Crippen LogP) is 4.12. The lowest BCUT2D eigenvalue weighted by Crippen LogP contribution is -2.37. The third-order valence-corrected chi connectivity index (χ3v) is 5.48. The maximum Gasteiger partial charge on any atom is 0.0950 e. The van der Waals surface area contributed by atoms with Crippen LogP contribution >= 0.6 is 22.9 Å². The van der Waals surface area contributed by atoms with Crippen LogP contribution in [0.3, 0.4) is 0 Å². The molecule has 1 saturated carbocycles. The van der Waals surface area contributed by atoms with Gasteiger partial charge in [-0.2, -0.15) is 0 Å².